The van der Waals surface area contributed by atoms with E-state index in [1.54, 1.807) is 0 Å². The van der Waals surface area contributed by atoms with Gasteiger partial charge in [-0.05, 0) is 30.9 Å². The molecule has 4 heteroatoms. The van der Waals surface area contributed by atoms with Crippen molar-refractivity contribution in [2.75, 3.05) is 38.3 Å². The lowest BCUT2D eigenvalue weighted by Gasteiger charge is -2.40. The molecule has 1 aliphatic carbocycles. The molecule has 4 nitrogen and oxygen atoms in total. The molecule has 1 saturated carbocycles. The number of hydrogen-bond donors (Lipinski definition) is 2. The molecule has 1 saturated heterocycles. The molecule has 3 rings (SSSR count). The molecule has 0 aromatic heterocycles. The summed E-state index contributed by atoms with van der Waals surface area (Å²) in [7, 11) is 0. The zero-order valence-corrected chi connectivity index (χ0v) is 13.2. The molecule has 1 aliphatic heterocycles. The Bertz CT molecular complexity index is 462. The molecule has 0 spiro atoms. The van der Waals surface area contributed by atoms with E-state index in [2.05, 4.69) is 5.32 Å². The van der Waals surface area contributed by atoms with Crippen LogP contribution in [0.1, 0.15) is 32.1 Å². The molecule has 122 valence electrons. The van der Waals surface area contributed by atoms with Gasteiger partial charge in [0.25, 0.3) is 0 Å². The maximum absolute atomic E-state index is 9.51. The van der Waals surface area contributed by atoms with Crippen LogP contribution in [0.4, 0.5) is 5.69 Å². The predicted molar refractivity (Wildman–Crippen MR) is 87.3 cm³/mol. The first-order chi connectivity index (χ1) is 10.8. The summed E-state index contributed by atoms with van der Waals surface area (Å²) < 4.78 is 11.3. The number of nitrogens with one attached hydrogen (secondary N) is 1. The summed E-state index contributed by atoms with van der Waals surface area (Å²) in [6, 6.07) is 8.09. The van der Waals surface area contributed by atoms with Gasteiger partial charge in [-0.1, -0.05) is 31.4 Å². The van der Waals surface area contributed by atoms with E-state index in [1.165, 1.54) is 32.1 Å². The molecule has 2 N–H and O–H groups in total. The van der Waals surface area contributed by atoms with E-state index in [1.807, 2.05) is 24.3 Å². The van der Waals surface area contributed by atoms with Crippen molar-refractivity contribution in [3.05, 3.63) is 24.3 Å². The van der Waals surface area contributed by atoms with Crippen LogP contribution >= 0.6 is 0 Å². The van der Waals surface area contributed by atoms with Gasteiger partial charge in [-0.2, -0.15) is 0 Å². The van der Waals surface area contributed by atoms with Crippen LogP contribution in [0.2, 0.25) is 0 Å². The molecule has 2 fully saturated rings. The predicted octanol–water partition coefficient (Wildman–Crippen LogP) is 3.07. The maximum atomic E-state index is 9.51. The largest absolute Gasteiger partial charge is 0.491 e. The minimum Gasteiger partial charge on any atom is -0.491 e. The van der Waals surface area contributed by atoms with Gasteiger partial charge in [0, 0.05) is 6.54 Å². The second-order valence-corrected chi connectivity index (χ2v) is 6.82. The molecule has 22 heavy (non-hydrogen) atoms. The zero-order chi connectivity index (χ0) is 15.3. The van der Waals surface area contributed by atoms with Crippen molar-refractivity contribution in [1.29, 1.82) is 0 Å². The third kappa shape index (κ3) is 3.73. The average Bonchev–Trinajstić information content (AvgIpc) is 2.54. The third-order valence-electron chi connectivity index (χ3n) is 4.89. The number of benzene rings is 1. The Kier molecular flexibility index (Phi) is 5.21. The summed E-state index contributed by atoms with van der Waals surface area (Å²) >= 11 is 0. The summed E-state index contributed by atoms with van der Waals surface area (Å²) in [6.07, 6.45) is 6.64. The molecule has 1 aromatic carbocycles. The van der Waals surface area contributed by atoms with Crippen LogP contribution in [0.15, 0.2) is 24.3 Å². The monoisotopic (exact) mass is 305 g/mol. The molecule has 0 unspecified atom stereocenters. The number of para-hydroxylation sites is 2. The van der Waals surface area contributed by atoms with E-state index in [0.29, 0.717) is 25.7 Å². The normalized spacial score (nSPS) is 21.1. The SMILES string of the molecule is OCC1(CNc2ccccc2OCC2CCCCC2)COC1. The number of hydrogen-bond acceptors (Lipinski definition) is 4. The topological polar surface area (TPSA) is 50.7 Å². The molecule has 0 atom stereocenters. The van der Waals surface area contributed by atoms with Gasteiger partial charge >= 0.3 is 0 Å². The molecule has 0 bridgehead atoms. The van der Waals surface area contributed by atoms with Crippen molar-refractivity contribution in [3.63, 3.8) is 0 Å². The molecular weight excluding hydrogens is 278 g/mol. The summed E-state index contributed by atoms with van der Waals surface area (Å²) in [5.41, 5.74) is 0.884. The van der Waals surface area contributed by atoms with E-state index in [-0.39, 0.29) is 12.0 Å². The molecule has 1 aromatic rings. The summed E-state index contributed by atoms with van der Waals surface area (Å²) in [6.45, 7) is 2.94. The summed E-state index contributed by atoms with van der Waals surface area (Å²) in [5.74, 6) is 1.62. The Labute approximate surface area is 132 Å². The van der Waals surface area contributed by atoms with Gasteiger partial charge in [0.2, 0.25) is 0 Å². The van der Waals surface area contributed by atoms with Crippen molar-refractivity contribution >= 4 is 5.69 Å². The van der Waals surface area contributed by atoms with E-state index >= 15 is 0 Å². The van der Waals surface area contributed by atoms with Crippen LogP contribution in [-0.2, 0) is 4.74 Å². The first kappa shape index (κ1) is 15.6. The van der Waals surface area contributed by atoms with Gasteiger partial charge in [0.05, 0.1) is 37.5 Å². The van der Waals surface area contributed by atoms with Gasteiger partial charge in [0.1, 0.15) is 5.75 Å². The second kappa shape index (κ2) is 7.34. The quantitative estimate of drug-likeness (QED) is 0.813. The van der Waals surface area contributed by atoms with Crippen LogP contribution in [0, 0.1) is 11.3 Å². The van der Waals surface area contributed by atoms with Crippen molar-refractivity contribution in [1.82, 2.24) is 0 Å². The molecule has 0 amide bonds. The molecule has 2 aliphatic rings. The van der Waals surface area contributed by atoms with Crippen LogP contribution in [-0.4, -0.2) is 38.1 Å². The zero-order valence-electron chi connectivity index (χ0n) is 13.2. The standard InChI is InChI=1S/C18H27NO3/c20-12-18(13-21-14-18)11-19-16-8-4-5-9-17(16)22-10-15-6-2-1-3-7-15/h4-5,8-9,15,19-20H,1-3,6-7,10-14H2. The van der Waals surface area contributed by atoms with Gasteiger partial charge in [-0.15, -0.1) is 0 Å². The first-order valence-corrected chi connectivity index (χ1v) is 8.46. The summed E-state index contributed by atoms with van der Waals surface area (Å²) in [5, 5.41) is 12.9. The van der Waals surface area contributed by atoms with E-state index in [9.17, 15) is 5.11 Å². The fraction of sp³-hybridized carbons (Fsp3) is 0.667. The minimum atomic E-state index is -0.128. The van der Waals surface area contributed by atoms with Gasteiger partial charge in [0.15, 0.2) is 0 Å². The molecule has 1 heterocycles. The number of anilines is 1. The Morgan fingerprint density at radius 3 is 2.64 bits per heavy atom. The Hall–Kier alpha value is -1.26. The average molecular weight is 305 g/mol. The fourth-order valence-electron chi connectivity index (χ4n) is 3.22. The lowest BCUT2D eigenvalue weighted by atomic mass is 9.87. The van der Waals surface area contributed by atoms with Crippen molar-refractivity contribution in [3.8, 4) is 5.75 Å². The number of aliphatic hydroxyl groups excluding tert-OH is 1. The highest BCUT2D eigenvalue weighted by Gasteiger charge is 2.37. The van der Waals surface area contributed by atoms with Gasteiger partial charge in [-0.3, -0.25) is 0 Å². The van der Waals surface area contributed by atoms with Crippen molar-refractivity contribution in [2.45, 2.75) is 32.1 Å². The lowest BCUT2D eigenvalue weighted by Crippen LogP contribution is -2.50. The van der Waals surface area contributed by atoms with Gasteiger partial charge < -0.3 is 19.9 Å². The second-order valence-electron chi connectivity index (χ2n) is 6.82. The van der Waals surface area contributed by atoms with E-state index in [4.69, 9.17) is 9.47 Å². The molecule has 0 radical (unpaired) electrons. The minimum absolute atomic E-state index is 0.128. The Morgan fingerprint density at radius 1 is 1.18 bits per heavy atom. The van der Waals surface area contributed by atoms with E-state index < -0.39 is 0 Å². The van der Waals surface area contributed by atoms with Crippen molar-refractivity contribution in [2.24, 2.45) is 11.3 Å². The highest BCUT2D eigenvalue weighted by molar-refractivity contribution is 5.56. The Morgan fingerprint density at radius 2 is 1.95 bits per heavy atom. The fourth-order valence-corrected chi connectivity index (χ4v) is 3.22. The van der Waals surface area contributed by atoms with Crippen LogP contribution in [0.3, 0.4) is 0 Å². The smallest absolute Gasteiger partial charge is 0.142 e. The number of ether oxygens (including phenoxy) is 2. The van der Waals surface area contributed by atoms with E-state index in [0.717, 1.165) is 18.0 Å². The lowest BCUT2D eigenvalue weighted by molar-refractivity contribution is -0.128. The maximum Gasteiger partial charge on any atom is 0.142 e. The number of rotatable bonds is 7. The number of aliphatic hydroxyl groups is 1. The highest BCUT2D eigenvalue weighted by atomic mass is 16.5. The van der Waals surface area contributed by atoms with Crippen molar-refractivity contribution < 1.29 is 14.6 Å². The van der Waals surface area contributed by atoms with Gasteiger partial charge in [-0.25, -0.2) is 0 Å². The van der Waals surface area contributed by atoms with Crippen LogP contribution in [0.25, 0.3) is 0 Å². The molecular formula is C18H27NO3. The van der Waals surface area contributed by atoms with Crippen LogP contribution in [0.5, 0.6) is 5.75 Å². The summed E-state index contributed by atoms with van der Waals surface area (Å²) in [4.78, 5) is 0. The van der Waals surface area contributed by atoms with Crippen LogP contribution < -0.4 is 10.1 Å². The highest BCUT2D eigenvalue weighted by Crippen LogP contribution is 2.31. The Balaban J connectivity index is 1.55. The first-order valence-electron chi connectivity index (χ1n) is 8.46. The third-order valence-corrected chi connectivity index (χ3v) is 4.89.